The van der Waals surface area contributed by atoms with Crippen molar-refractivity contribution in [3.63, 3.8) is 0 Å². The topological polar surface area (TPSA) is 49.9 Å². The minimum Gasteiger partial charge on any atom is -0.437 e. The number of carbonyl (C=O) groups excluding carboxylic acids is 2. The second-order valence-electron chi connectivity index (χ2n) is 7.91. The average molecular weight is 452 g/mol. The number of piperidine rings is 1. The fourth-order valence-corrected chi connectivity index (χ4v) is 4.13. The van der Waals surface area contributed by atoms with Crippen LogP contribution in [-0.2, 0) is 10.9 Å². The molecule has 0 N–H and O–H groups in total. The Kier molecular flexibility index (Phi) is 6.16. The predicted octanol–water partition coefficient (Wildman–Crippen LogP) is 4.86. The van der Waals surface area contributed by atoms with Gasteiger partial charge in [-0.15, -0.1) is 0 Å². The maximum absolute atomic E-state index is 13.0. The van der Waals surface area contributed by atoms with Gasteiger partial charge in [-0.2, -0.15) is 26.3 Å². The van der Waals surface area contributed by atoms with Gasteiger partial charge in [0.1, 0.15) is 0 Å². The summed E-state index contributed by atoms with van der Waals surface area (Å²) in [4.78, 5) is 27.8. The van der Waals surface area contributed by atoms with Crippen molar-refractivity contribution in [1.29, 1.82) is 0 Å². The van der Waals surface area contributed by atoms with E-state index in [1.54, 1.807) is 4.90 Å². The number of nitrogens with zero attached hydrogens (tertiary/aromatic N) is 2. The van der Waals surface area contributed by atoms with Crippen molar-refractivity contribution < 1.29 is 40.7 Å². The first-order valence-electron chi connectivity index (χ1n) is 9.85. The van der Waals surface area contributed by atoms with E-state index >= 15 is 0 Å². The van der Waals surface area contributed by atoms with E-state index in [-0.39, 0.29) is 18.7 Å². The predicted molar refractivity (Wildman–Crippen MR) is 97.3 cm³/mol. The van der Waals surface area contributed by atoms with Gasteiger partial charge in [0.2, 0.25) is 0 Å². The average Bonchev–Trinajstić information content (AvgIpc) is 3.09. The molecule has 0 saturated carbocycles. The van der Waals surface area contributed by atoms with E-state index in [0.717, 1.165) is 31.2 Å². The van der Waals surface area contributed by atoms with E-state index in [1.165, 1.54) is 4.90 Å². The Hall–Kier alpha value is -2.46. The molecule has 1 aromatic carbocycles. The van der Waals surface area contributed by atoms with Crippen LogP contribution in [0.4, 0.5) is 31.1 Å². The lowest BCUT2D eigenvalue weighted by Crippen LogP contribution is -2.55. The first-order valence-corrected chi connectivity index (χ1v) is 9.85. The zero-order chi connectivity index (χ0) is 23.0. The lowest BCUT2D eigenvalue weighted by Gasteiger charge is -2.44. The molecule has 2 saturated heterocycles. The number of halogens is 6. The highest BCUT2D eigenvalue weighted by molar-refractivity contribution is 5.95. The summed E-state index contributed by atoms with van der Waals surface area (Å²) in [5.41, 5.74) is -1.29. The molecule has 5 nitrogen and oxygen atoms in total. The van der Waals surface area contributed by atoms with Crippen molar-refractivity contribution in [2.24, 2.45) is 0 Å². The third-order valence-electron chi connectivity index (χ3n) is 5.99. The number of amides is 2. The highest BCUT2D eigenvalue weighted by atomic mass is 19.4. The van der Waals surface area contributed by atoms with Gasteiger partial charge >= 0.3 is 18.4 Å². The molecular weight excluding hydrogens is 430 g/mol. The SMILES string of the molecule is CC(OC(=O)N1CCC2(CCCN2C(=O)c2ccc(C(F)(F)F)cc2)CC1)C(F)(F)F. The van der Waals surface area contributed by atoms with Crippen LogP contribution in [0.1, 0.15) is 48.5 Å². The van der Waals surface area contributed by atoms with E-state index in [1.807, 2.05) is 0 Å². The molecular formula is C20H22F6N2O3. The molecule has 1 spiro atoms. The third-order valence-corrected chi connectivity index (χ3v) is 5.99. The van der Waals surface area contributed by atoms with E-state index in [0.29, 0.717) is 32.2 Å². The molecule has 0 aliphatic carbocycles. The van der Waals surface area contributed by atoms with Crippen LogP contribution in [-0.4, -0.2) is 59.3 Å². The van der Waals surface area contributed by atoms with Crippen molar-refractivity contribution >= 4 is 12.0 Å². The van der Waals surface area contributed by atoms with Gasteiger partial charge in [0.05, 0.1) is 5.56 Å². The molecule has 2 amide bonds. The van der Waals surface area contributed by atoms with Crippen LogP contribution in [0.15, 0.2) is 24.3 Å². The summed E-state index contributed by atoms with van der Waals surface area (Å²) in [6.07, 6.45) is -10.4. The Balaban J connectivity index is 1.65. The van der Waals surface area contributed by atoms with Gasteiger partial charge in [-0.3, -0.25) is 4.79 Å². The Morgan fingerprint density at radius 2 is 1.55 bits per heavy atom. The number of benzene rings is 1. The molecule has 2 aliphatic heterocycles. The summed E-state index contributed by atoms with van der Waals surface area (Å²) in [5.74, 6) is -0.395. The molecule has 1 unspecified atom stereocenters. The summed E-state index contributed by atoms with van der Waals surface area (Å²) in [6, 6.07) is 4.00. The summed E-state index contributed by atoms with van der Waals surface area (Å²) in [5, 5.41) is 0. The Morgan fingerprint density at radius 1 is 0.968 bits per heavy atom. The largest absolute Gasteiger partial charge is 0.437 e. The minimum atomic E-state index is -4.65. The smallest absolute Gasteiger partial charge is 0.425 e. The second kappa shape index (κ2) is 8.23. The maximum atomic E-state index is 13.0. The number of hydrogen-bond donors (Lipinski definition) is 0. The molecule has 11 heteroatoms. The van der Waals surface area contributed by atoms with Gasteiger partial charge in [0.15, 0.2) is 6.10 Å². The Bertz CT molecular complexity index is 814. The zero-order valence-electron chi connectivity index (χ0n) is 16.7. The molecule has 0 aromatic heterocycles. The van der Waals surface area contributed by atoms with E-state index in [2.05, 4.69) is 4.74 Å². The summed E-state index contributed by atoms with van der Waals surface area (Å²) in [6.45, 7) is 1.43. The first-order chi connectivity index (χ1) is 14.3. The van der Waals surface area contributed by atoms with Crippen LogP contribution in [0.2, 0.25) is 0 Å². The van der Waals surface area contributed by atoms with Gasteiger partial charge in [-0.25, -0.2) is 4.79 Å². The summed E-state index contributed by atoms with van der Waals surface area (Å²) >= 11 is 0. The Morgan fingerprint density at radius 3 is 2.06 bits per heavy atom. The van der Waals surface area contributed by atoms with Crippen molar-refractivity contribution in [2.45, 2.75) is 56.6 Å². The van der Waals surface area contributed by atoms with Crippen molar-refractivity contribution in [3.8, 4) is 0 Å². The van der Waals surface area contributed by atoms with Crippen LogP contribution in [0.25, 0.3) is 0 Å². The number of likely N-dealkylation sites (tertiary alicyclic amines) is 2. The number of alkyl halides is 6. The molecule has 2 heterocycles. The van der Waals surface area contributed by atoms with Gasteiger partial charge in [-0.05, 0) is 56.9 Å². The molecule has 0 bridgehead atoms. The van der Waals surface area contributed by atoms with Crippen LogP contribution in [0.3, 0.4) is 0 Å². The van der Waals surface area contributed by atoms with E-state index in [9.17, 15) is 35.9 Å². The molecule has 2 aliphatic rings. The van der Waals surface area contributed by atoms with Gasteiger partial charge < -0.3 is 14.5 Å². The van der Waals surface area contributed by atoms with E-state index < -0.39 is 41.6 Å². The fourth-order valence-electron chi connectivity index (χ4n) is 4.13. The fraction of sp³-hybridized carbons (Fsp3) is 0.600. The van der Waals surface area contributed by atoms with Crippen molar-refractivity contribution in [1.82, 2.24) is 9.80 Å². The quantitative estimate of drug-likeness (QED) is 0.602. The molecule has 1 aromatic rings. The van der Waals surface area contributed by atoms with Crippen molar-refractivity contribution in [3.05, 3.63) is 35.4 Å². The molecule has 1 atom stereocenters. The monoisotopic (exact) mass is 452 g/mol. The number of rotatable bonds is 2. The standard InChI is InChI=1S/C20H22F6N2O3/c1-13(19(21,22)23)31-17(30)27-11-8-18(9-12-27)7-2-10-28(18)16(29)14-3-5-15(6-4-14)20(24,25)26/h3-6,13H,2,7-12H2,1H3. The van der Waals surface area contributed by atoms with Gasteiger partial charge in [-0.1, -0.05) is 0 Å². The maximum Gasteiger partial charge on any atom is 0.425 e. The normalized spacial score (nSPS) is 20.1. The second-order valence-corrected chi connectivity index (χ2v) is 7.91. The molecule has 2 fully saturated rings. The van der Waals surface area contributed by atoms with Crippen molar-refractivity contribution in [2.75, 3.05) is 19.6 Å². The lowest BCUT2D eigenvalue weighted by molar-refractivity contribution is -0.200. The summed E-state index contributed by atoms with van der Waals surface area (Å²) < 4.78 is 80.6. The summed E-state index contributed by atoms with van der Waals surface area (Å²) in [7, 11) is 0. The Labute approximate surface area is 174 Å². The van der Waals surface area contributed by atoms with Gasteiger partial charge in [0.25, 0.3) is 5.91 Å². The highest BCUT2D eigenvalue weighted by Gasteiger charge is 2.47. The molecule has 31 heavy (non-hydrogen) atoms. The van der Waals surface area contributed by atoms with Crippen LogP contribution in [0.5, 0.6) is 0 Å². The van der Waals surface area contributed by atoms with Crippen LogP contribution >= 0.6 is 0 Å². The van der Waals surface area contributed by atoms with E-state index in [4.69, 9.17) is 0 Å². The minimum absolute atomic E-state index is 0.125. The first kappa shape index (κ1) is 23.2. The molecule has 3 rings (SSSR count). The molecule has 0 radical (unpaired) electrons. The zero-order valence-corrected chi connectivity index (χ0v) is 16.7. The number of hydrogen-bond acceptors (Lipinski definition) is 3. The third kappa shape index (κ3) is 4.90. The number of carbonyl (C=O) groups is 2. The van der Waals surface area contributed by atoms with Crippen LogP contribution < -0.4 is 0 Å². The molecule has 172 valence electrons. The lowest BCUT2D eigenvalue weighted by atomic mass is 9.84. The number of ether oxygens (including phenoxy) is 1. The highest BCUT2D eigenvalue weighted by Crippen LogP contribution is 2.40. The van der Waals surface area contributed by atoms with Gasteiger partial charge in [0, 0.05) is 30.7 Å². The van der Waals surface area contributed by atoms with Crippen LogP contribution in [0, 0.1) is 0 Å².